The maximum Gasteiger partial charge on any atom is 0.407 e. The van der Waals surface area contributed by atoms with Crippen LogP contribution < -0.4 is 10.6 Å². The van der Waals surface area contributed by atoms with Crippen molar-refractivity contribution in [2.75, 3.05) is 0 Å². The topological polar surface area (TPSA) is 116 Å². The van der Waals surface area contributed by atoms with E-state index in [4.69, 9.17) is 4.74 Å². The minimum absolute atomic E-state index is 0.00628. The summed E-state index contributed by atoms with van der Waals surface area (Å²) in [6, 6.07) is 21.6. The van der Waals surface area contributed by atoms with Crippen LogP contribution in [0, 0.1) is 11.3 Å². The van der Waals surface area contributed by atoms with E-state index in [2.05, 4.69) is 34.9 Å². The van der Waals surface area contributed by atoms with E-state index in [0.717, 1.165) is 40.1 Å². The molecule has 3 aromatic carbocycles. The van der Waals surface area contributed by atoms with Crippen LogP contribution in [0.1, 0.15) is 73.6 Å². The van der Waals surface area contributed by atoms with Crippen LogP contribution in [0.3, 0.4) is 0 Å². The van der Waals surface area contributed by atoms with Crippen LogP contribution in [0.5, 0.6) is 0 Å². The number of nitrogens with one attached hydrogen (secondary N) is 2. The van der Waals surface area contributed by atoms with Crippen LogP contribution in [-0.2, 0) is 17.9 Å². The van der Waals surface area contributed by atoms with E-state index in [-0.39, 0.29) is 24.6 Å². The van der Waals surface area contributed by atoms with E-state index in [0.29, 0.717) is 36.2 Å². The number of aliphatic hydroxyl groups is 1. The maximum atomic E-state index is 13.9. The average Bonchev–Trinajstić information content (AvgIpc) is 3.25. The molecule has 0 radical (unpaired) electrons. The number of hydrogen-bond donors (Lipinski definition) is 3. The fraction of sp³-hybridized carbons (Fsp3) is 0.364. The van der Waals surface area contributed by atoms with Crippen molar-refractivity contribution in [3.8, 4) is 6.07 Å². The van der Waals surface area contributed by atoms with Gasteiger partial charge in [0.05, 0.1) is 23.8 Å². The molecule has 1 aromatic heterocycles. The molecular weight excluding hydrogens is 516 g/mol. The van der Waals surface area contributed by atoms with Crippen molar-refractivity contribution in [3.63, 3.8) is 0 Å². The third-order valence-corrected chi connectivity index (χ3v) is 7.66. The van der Waals surface area contributed by atoms with Gasteiger partial charge in [0.25, 0.3) is 5.91 Å². The van der Waals surface area contributed by atoms with Gasteiger partial charge >= 0.3 is 6.09 Å². The number of ether oxygens (including phenoxy) is 1. The highest BCUT2D eigenvalue weighted by molar-refractivity contribution is 6.02. The molecule has 0 bridgehead atoms. The predicted molar refractivity (Wildman–Crippen MR) is 159 cm³/mol. The number of benzene rings is 3. The summed E-state index contributed by atoms with van der Waals surface area (Å²) in [5, 5.41) is 29.1. The summed E-state index contributed by atoms with van der Waals surface area (Å²) in [4.78, 5) is 26.1. The zero-order valence-electron chi connectivity index (χ0n) is 23.7. The van der Waals surface area contributed by atoms with Crippen LogP contribution in [0.15, 0.2) is 60.7 Å². The number of rotatable bonds is 6. The number of fused-ring (bicyclic) bond motifs is 2. The smallest absolute Gasteiger partial charge is 0.407 e. The number of alkyl carbamates (subject to hydrolysis) is 1. The highest BCUT2D eigenvalue weighted by Crippen LogP contribution is 2.31. The van der Waals surface area contributed by atoms with Gasteiger partial charge < -0.3 is 25.0 Å². The fourth-order valence-electron chi connectivity index (χ4n) is 5.79. The Balaban J connectivity index is 1.42. The number of hydrogen-bond acceptors (Lipinski definition) is 5. The molecule has 4 aromatic rings. The lowest BCUT2D eigenvalue weighted by atomic mass is 9.91. The summed E-state index contributed by atoms with van der Waals surface area (Å²) in [6.45, 7) is 5.60. The molecule has 2 amide bonds. The summed E-state index contributed by atoms with van der Waals surface area (Å²) in [5.74, 6) is -0.257. The molecule has 3 N–H and O–H groups in total. The largest absolute Gasteiger partial charge is 0.444 e. The molecular formula is C33H36N4O4. The molecule has 0 saturated heterocycles. The fourth-order valence-corrected chi connectivity index (χ4v) is 5.79. The number of carbonyl (C=O) groups excluding carboxylic acids is 2. The third-order valence-electron chi connectivity index (χ3n) is 7.66. The lowest BCUT2D eigenvalue weighted by Gasteiger charge is -2.30. The van der Waals surface area contributed by atoms with Gasteiger partial charge in [-0.25, -0.2) is 4.79 Å². The van der Waals surface area contributed by atoms with Crippen molar-refractivity contribution in [2.24, 2.45) is 0 Å². The van der Waals surface area contributed by atoms with Gasteiger partial charge in [0.1, 0.15) is 11.3 Å². The first kappa shape index (κ1) is 28.2. The highest BCUT2D eigenvalue weighted by atomic mass is 16.6. The molecule has 0 aliphatic heterocycles. The van der Waals surface area contributed by atoms with E-state index in [9.17, 15) is 20.0 Å². The van der Waals surface area contributed by atoms with Gasteiger partial charge in [-0.1, -0.05) is 48.5 Å². The molecule has 0 unspecified atom stereocenters. The Labute approximate surface area is 239 Å². The molecule has 1 saturated carbocycles. The normalized spacial score (nSPS) is 17.2. The van der Waals surface area contributed by atoms with Crippen molar-refractivity contribution in [1.82, 2.24) is 15.2 Å². The highest BCUT2D eigenvalue weighted by Gasteiger charge is 2.29. The average molecular weight is 553 g/mol. The first-order valence-corrected chi connectivity index (χ1v) is 14.1. The van der Waals surface area contributed by atoms with Gasteiger partial charge in [0.15, 0.2) is 0 Å². The van der Waals surface area contributed by atoms with E-state index in [1.807, 2.05) is 55.7 Å². The number of amides is 2. The molecule has 1 fully saturated rings. The van der Waals surface area contributed by atoms with E-state index in [1.165, 1.54) is 0 Å². The molecule has 1 heterocycles. The molecule has 0 spiro atoms. The summed E-state index contributed by atoms with van der Waals surface area (Å²) in [5.41, 5.74) is 2.65. The molecule has 1 aliphatic carbocycles. The molecule has 5 rings (SSSR count). The Morgan fingerprint density at radius 3 is 2.34 bits per heavy atom. The van der Waals surface area contributed by atoms with Gasteiger partial charge in [0, 0.05) is 29.6 Å². The Morgan fingerprint density at radius 2 is 1.66 bits per heavy atom. The molecule has 1 aliphatic rings. The van der Waals surface area contributed by atoms with Crippen LogP contribution in [0.2, 0.25) is 0 Å². The molecule has 8 heteroatoms. The van der Waals surface area contributed by atoms with Crippen molar-refractivity contribution < 1.29 is 19.4 Å². The van der Waals surface area contributed by atoms with Gasteiger partial charge in [0.2, 0.25) is 0 Å². The second kappa shape index (κ2) is 11.6. The number of carbonyl (C=O) groups is 2. The zero-order chi connectivity index (χ0) is 29.1. The Hall–Kier alpha value is -4.35. The lowest BCUT2D eigenvalue weighted by Crippen LogP contribution is -2.45. The van der Waals surface area contributed by atoms with Gasteiger partial charge in [-0.3, -0.25) is 4.79 Å². The second-order valence-electron chi connectivity index (χ2n) is 11.7. The van der Waals surface area contributed by atoms with Crippen molar-refractivity contribution in [1.29, 1.82) is 5.26 Å². The van der Waals surface area contributed by atoms with E-state index in [1.54, 1.807) is 12.1 Å². The maximum absolute atomic E-state index is 13.9. The number of nitrogens with zero attached hydrogens (tertiary/aromatic N) is 2. The summed E-state index contributed by atoms with van der Waals surface area (Å²) in [7, 11) is 0. The lowest BCUT2D eigenvalue weighted by molar-refractivity contribution is 0.0487. The summed E-state index contributed by atoms with van der Waals surface area (Å²) < 4.78 is 7.31. The van der Waals surface area contributed by atoms with E-state index < -0.39 is 11.7 Å². The Morgan fingerprint density at radius 1 is 0.976 bits per heavy atom. The molecule has 0 atom stereocenters. The standard InChI is InChI=1S/C33H36N4O4/c1-33(2,3)41-32(40)36-25-14-12-24(13-15-25)35-31(39)30-28(20-38)27-16-11-21(18-34)17-29(27)37(30)19-23-9-6-8-22-7-4-5-10-26(22)23/h4-11,16-17,24-25,38H,12-15,19-20H2,1-3H3,(H,35,39)(H,36,40). The SMILES string of the molecule is CC(C)(C)OC(=O)NC1CCC(NC(=O)c2c(CO)c3ccc(C#N)cc3n2Cc2cccc3ccccc23)CC1. The first-order valence-electron chi connectivity index (χ1n) is 14.1. The number of aliphatic hydroxyl groups excluding tert-OH is 1. The molecule has 8 nitrogen and oxygen atoms in total. The van der Waals surface area contributed by atoms with Crippen molar-refractivity contribution >= 4 is 33.7 Å². The minimum atomic E-state index is -0.557. The minimum Gasteiger partial charge on any atom is -0.444 e. The summed E-state index contributed by atoms with van der Waals surface area (Å²) >= 11 is 0. The Bertz CT molecular complexity index is 1630. The zero-order valence-corrected chi connectivity index (χ0v) is 23.7. The summed E-state index contributed by atoms with van der Waals surface area (Å²) in [6.07, 6.45) is 2.45. The van der Waals surface area contributed by atoms with E-state index >= 15 is 0 Å². The predicted octanol–water partition coefficient (Wildman–Crippen LogP) is 5.77. The second-order valence-corrected chi connectivity index (χ2v) is 11.7. The van der Waals surface area contributed by atoms with Crippen LogP contribution in [0.25, 0.3) is 21.7 Å². The molecule has 41 heavy (non-hydrogen) atoms. The Kier molecular flexibility index (Phi) is 8.00. The van der Waals surface area contributed by atoms with Gasteiger partial charge in [-0.15, -0.1) is 0 Å². The van der Waals surface area contributed by atoms with Gasteiger partial charge in [-0.2, -0.15) is 5.26 Å². The monoisotopic (exact) mass is 552 g/mol. The van der Waals surface area contributed by atoms with Crippen LogP contribution >= 0.6 is 0 Å². The van der Waals surface area contributed by atoms with Crippen LogP contribution in [-0.4, -0.2) is 39.4 Å². The van der Waals surface area contributed by atoms with Crippen LogP contribution in [0.4, 0.5) is 4.79 Å². The quantitative estimate of drug-likeness (QED) is 0.281. The number of aromatic nitrogens is 1. The number of nitriles is 1. The van der Waals surface area contributed by atoms with Crippen molar-refractivity contribution in [3.05, 3.63) is 83.0 Å². The van der Waals surface area contributed by atoms with Crippen molar-refractivity contribution in [2.45, 2.75) is 77.3 Å². The van der Waals surface area contributed by atoms with Gasteiger partial charge in [-0.05, 0) is 74.9 Å². The first-order chi connectivity index (χ1) is 19.7. The third kappa shape index (κ3) is 6.21. The molecule has 212 valence electrons.